The highest BCUT2D eigenvalue weighted by Crippen LogP contribution is 2.49. The van der Waals surface area contributed by atoms with Crippen LogP contribution in [0.3, 0.4) is 0 Å². The van der Waals surface area contributed by atoms with Crippen LogP contribution in [0.4, 0.5) is 0 Å². The van der Waals surface area contributed by atoms with Crippen molar-refractivity contribution < 1.29 is 24.2 Å². The minimum absolute atomic E-state index is 0.0934. The van der Waals surface area contributed by atoms with E-state index in [1.807, 2.05) is 35.9 Å². The van der Waals surface area contributed by atoms with Crippen LogP contribution in [-0.2, 0) is 25.5 Å². The third-order valence-electron chi connectivity index (χ3n) is 12.4. The van der Waals surface area contributed by atoms with Gasteiger partial charge in [0.1, 0.15) is 11.7 Å². The van der Waals surface area contributed by atoms with E-state index in [1.165, 1.54) is 14.2 Å². The lowest BCUT2D eigenvalue weighted by Crippen LogP contribution is -2.25. The Kier molecular flexibility index (Phi) is 9.58. The van der Waals surface area contributed by atoms with Crippen LogP contribution in [0, 0.1) is 31.6 Å². The lowest BCUT2D eigenvalue weighted by molar-refractivity contribution is -0.143. The molecule has 6 aliphatic rings. The lowest BCUT2D eigenvalue weighted by Gasteiger charge is -2.20. The highest BCUT2D eigenvalue weighted by atomic mass is 16.5. The van der Waals surface area contributed by atoms with Crippen LogP contribution >= 0.6 is 0 Å². The molecular weight excluding hydrogens is 717 g/mol. The maximum atomic E-state index is 13.6. The van der Waals surface area contributed by atoms with Crippen molar-refractivity contribution in [2.45, 2.75) is 74.1 Å². The van der Waals surface area contributed by atoms with Crippen LogP contribution in [0.15, 0.2) is 137 Å². The average molecular weight is 765 g/mol. The molecule has 3 atom stereocenters. The summed E-state index contributed by atoms with van der Waals surface area (Å²) < 4.78 is 12.4. The number of benzene rings is 1. The Bertz CT molecular complexity index is 2530. The first-order chi connectivity index (χ1) is 27.4. The number of nitrogens with one attached hydrogen (secondary N) is 1. The number of allylic oxidation sites excluding steroid dienone is 11. The summed E-state index contributed by atoms with van der Waals surface area (Å²) in [6.45, 7) is 14.5. The Hall–Kier alpha value is -6.10. The van der Waals surface area contributed by atoms with Crippen molar-refractivity contribution in [1.29, 1.82) is 0 Å². The van der Waals surface area contributed by atoms with E-state index < -0.39 is 11.9 Å². The van der Waals surface area contributed by atoms with Crippen LogP contribution in [0.25, 0.3) is 5.69 Å². The van der Waals surface area contributed by atoms with Crippen molar-refractivity contribution >= 4 is 29.1 Å². The maximum absolute atomic E-state index is 13.6. The molecule has 11 nitrogen and oxygen atoms in total. The molecule has 8 bridgehead atoms. The number of ether oxygens (including phenoxy) is 2. The summed E-state index contributed by atoms with van der Waals surface area (Å²) in [4.78, 5) is 41.8. The summed E-state index contributed by atoms with van der Waals surface area (Å²) >= 11 is 0. The topological polar surface area (TPSA) is 140 Å². The molecule has 1 fully saturated rings. The van der Waals surface area contributed by atoms with Gasteiger partial charge in [0.25, 0.3) is 0 Å². The third-order valence-corrected chi connectivity index (χ3v) is 12.4. The molecule has 5 aliphatic heterocycles. The van der Waals surface area contributed by atoms with Gasteiger partial charge in [-0.3, -0.25) is 9.59 Å². The summed E-state index contributed by atoms with van der Waals surface area (Å²) in [5.41, 5.74) is 16.4. The van der Waals surface area contributed by atoms with Crippen LogP contribution in [-0.4, -0.2) is 58.2 Å². The lowest BCUT2D eigenvalue weighted by atomic mass is 9.84. The smallest absolute Gasteiger partial charge is 0.321 e. The first kappa shape index (κ1) is 37.8. The molecule has 1 saturated heterocycles. The molecule has 0 spiro atoms. The Morgan fingerprint density at radius 1 is 0.877 bits per heavy atom. The second-order valence-corrected chi connectivity index (χ2v) is 15.4. The molecule has 0 radical (unpaired) electrons. The maximum Gasteiger partial charge on any atom is 0.321 e. The van der Waals surface area contributed by atoms with Crippen molar-refractivity contribution in [1.82, 2.24) is 15.1 Å². The number of carbonyl (C=O) groups excluding carboxylic acids is 2. The molecule has 292 valence electrons. The van der Waals surface area contributed by atoms with E-state index in [1.54, 1.807) is 0 Å². The van der Waals surface area contributed by atoms with E-state index >= 15 is 0 Å². The number of fused-ring (bicyclic) bond motifs is 5. The van der Waals surface area contributed by atoms with E-state index in [0.717, 1.165) is 91.1 Å². The Morgan fingerprint density at radius 2 is 1.56 bits per heavy atom. The molecule has 1 aliphatic carbocycles. The second kappa shape index (κ2) is 14.4. The molecule has 8 rings (SSSR count). The number of aliphatic hydroxyl groups excluding tert-OH is 1. The van der Waals surface area contributed by atoms with E-state index in [0.29, 0.717) is 35.4 Å². The summed E-state index contributed by atoms with van der Waals surface area (Å²) in [7, 11) is 2.71. The van der Waals surface area contributed by atoms with Gasteiger partial charge in [0.2, 0.25) is 0 Å². The minimum Gasteiger partial charge on any atom is -0.510 e. The van der Waals surface area contributed by atoms with Crippen molar-refractivity contribution in [3.05, 3.63) is 139 Å². The van der Waals surface area contributed by atoms with Gasteiger partial charge in [0.15, 0.2) is 0 Å². The summed E-state index contributed by atoms with van der Waals surface area (Å²) in [5, 5.41) is 20.5. The monoisotopic (exact) mass is 764 g/mol. The quantitative estimate of drug-likeness (QED) is 0.259. The van der Waals surface area contributed by atoms with E-state index in [-0.39, 0.29) is 30.0 Å². The van der Waals surface area contributed by atoms with Gasteiger partial charge in [0, 0.05) is 58.5 Å². The zero-order chi connectivity index (χ0) is 40.4. The number of aliphatic hydroxyl groups is 1. The summed E-state index contributed by atoms with van der Waals surface area (Å²) in [5.74, 6) is -2.44. The van der Waals surface area contributed by atoms with Gasteiger partial charge in [-0.1, -0.05) is 32.0 Å². The molecule has 0 unspecified atom stereocenters. The van der Waals surface area contributed by atoms with Gasteiger partial charge in [0.05, 0.1) is 59.8 Å². The molecule has 11 heteroatoms. The molecule has 1 aromatic carbocycles. The van der Waals surface area contributed by atoms with Crippen LogP contribution in [0.2, 0.25) is 0 Å². The van der Waals surface area contributed by atoms with Crippen molar-refractivity contribution in [2.24, 2.45) is 32.7 Å². The van der Waals surface area contributed by atoms with Gasteiger partial charge >= 0.3 is 11.9 Å². The summed E-state index contributed by atoms with van der Waals surface area (Å²) in [6, 6.07) is 10.2. The molecule has 57 heavy (non-hydrogen) atoms. The summed E-state index contributed by atoms with van der Waals surface area (Å²) in [6.07, 6.45) is 8.17. The van der Waals surface area contributed by atoms with Crippen molar-refractivity contribution in [2.75, 3.05) is 14.2 Å². The fraction of sp³-hybridized carbons (Fsp3) is 0.348. The Labute approximate surface area is 333 Å². The van der Waals surface area contributed by atoms with Crippen LogP contribution < -0.4 is 5.32 Å². The van der Waals surface area contributed by atoms with Gasteiger partial charge in [-0.25, -0.2) is 19.7 Å². The van der Waals surface area contributed by atoms with Crippen LogP contribution in [0.1, 0.15) is 70.8 Å². The van der Waals surface area contributed by atoms with E-state index in [4.69, 9.17) is 29.5 Å². The minimum atomic E-state index is -1.08. The number of para-hydroxylation sites is 1. The predicted octanol–water partition coefficient (Wildman–Crippen LogP) is 8.06. The Balaban J connectivity index is 1.35. The fourth-order valence-electron chi connectivity index (χ4n) is 9.08. The number of hydrogen-bond acceptors (Lipinski definition) is 10. The second-order valence-electron chi connectivity index (χ2n) is 15.4. The molecule has 2 aromatic rings. The first-order valence-electron chi connectivity index (χ1n) is 19.6. The molecular formula is C46H48N6O5. The number of methoxy groups -OCH3 is 2. The van der Waals surface area contributed by atoms with Crippen molar-refractivity contribution in [3.8, 4) is 5.69 Å². The standard InChI is InChI=1S/C46H48N6O5/c1-10-29-22(2)34-20-38-31(18-32-26(6)51-52(27(32)7)28-14-12-11-13-15-28)24(4)33(48-38)19-35-23(3)30(16-17-39(53)56-8)43(49-35)41-42(46(55)57-9)45(54)40-25(5)36(50-44(40)41)21-37(29)47-34/h11-15,19-21,23,30,42,49,54H,10,16-18H2,1-9H3/t23-,30-,42+/m0/s1. The van der Waals surface area contributed by atoms with Gasteiger partial charge in [-0.15, -0.1) is 0 Å². The SMILES string of the molecule is CCC1=C(C)C2=NC1=CC1=C(C)C3=C(O)[C@H](C(=O)OC)C(=C4NC(=CC5=NC(=C2)C(Cc2c(C)nn(-c6ccccc6)c2C)=C5C)[C@@H](C)[C@@H]4CCC(=O)OC)C3=N1. The molecule has 6 heterocycles. The first-order valence-corrected chi connectivity index (χ1v) is 19.6. The number of aromatic nitrogens is 2. The largest absolute Gasteiger partial charge is 0.510 e. The third kappa shape index (κ3) is 6.11. The number of esters is 2. The Morgan fingerprint density at radius 3 is 2.25 bits per heavy atom. The molecule has 1 aromatic heterocycles. The van der Waals surface area contributed by atoms with Gasteiger partial charge in [-0.2, -0.15) is 5.10 Å². The number of rotatable bonds is 8. The molecule has 0 saturated carbocycles. The highest BCUT2D eigenvalue weighted by molar-refractivity contribution is 6.24. The molecule has 2 N–H and O–H groups in total. The number of aliphatic imine (C=N–C) groups is 3. The number of nitrogens with zero attached hydrogens (tertiary/aromatic N) is 5. The zero-order valence-electron chi connectivity index (χ0n) is 34.0. The zero-order valence-corrected chi connectivity index (χ0v) is 34.0. The van der Waals surface area contributed by atoms with E-state index in [2.05, 4.69) is 71.1 Å². The normalized spacial score (nSPS) is 22.5. The molecule has 0 amide bonds. The van der Waals surface area contributed by atoms with Crippen molar-refractivity contribution in [3.63, 3.8) is 0 Å². The number of aryl methyl sites for hydroxylation is 1. The number of carbonyl (C=O) groups is 2. The number of hydrogen-bond donors (Lipinski definition) is 2. The predicted molar refractivity (Wildman–Crippen MR) is 221 cm³/mol. The highest BCUT2D eigenvalue weighted by Gasteiger charge is 2.49. The van der Waals surface area contributed by atoms with Crippen LogP contribution in [0.5, 0.6) is 0 Å². The average Bonchev–Trinajstić information content (AvgIpc) is 4.00. The van der Waals surface area contributed by atoms with Gasteiger partial charge in [-0.05, 0) is 106 Å². The fourth-order valence-corrected chi connectivity index (χ4v) is 9.08. The van der Waals surface area contributed by atoms with E-state index in [9.17, 15) is 14.7 Å². The van der Waals surface area contributed by atoms with Gasteiger partial charge < -0.3 is 19.9 Å².